The van der Waals surface area contributed by atoms with Crippen molar-refractivity contribution in [2.24, 2.45) is 5.73 Å². The van der Waals surface area contributed by atoms with E-state index in [2.05, 4.69) is 29.2 Å². The highest BCUT2D eigenvalue weighted by Gasteiger charge is 2.15. The van der Waals surface area contributed by atoms with E-state index < -0.39 is 0 Å². The molecule has 0 bridgehead atoms. The standard InChI is InChI=1S/C18H22N2O/c19-13-15-4-3-7-18(12-15)21-11-10-20-9-8-16-5-1-2-6-17(16)14-20/h1-7,12H,8-11,13-14,19H2. The summed E-state index contributed by atoms with van der Waals surface area (Å²) in [6, 6.07) is 16.7. The largest absolute Gasteiger partial charge is 0.492 e. The zero-order valence-electron chi connectivity index (χ0n) is 12.3. The summed E-state index contributed by atoms with van der Waals surface area (Å²) in [6.07, 6.45) is 1.14. The highest BCUT2D eigenvalue weighted by molar-refractivity contribution is 5.29. The van der Waals surface area contributed by atoms with Gasteiger partial charge in [-0.1, -0.05) is 36.4 Å². The molecule has 0 saturated heterocycles. The van der Waals surface area contributed by atoms with E-state index in [1.807, 2.05) is 24.3 Å². The highest BCUT2D eigenvalue weighted by Crippen LogP contribution is 2.18. The maximum atomic E-state index is 5.84. The maximum absolute atomic E-state index is 5.84. The van der Waals surface area contributed by atoms with E-state index in [9.17, 15) is 0 Å². The Morgan fingerprint density at radius 2 is 1.90 bits per heavy atom. The molecule has 2 aromatic rings. The Hall–Kier alpha value is -1.84. The fourth-order valence-electron chi connectivity index (χ4n) is 2.80. The minimum absolute atomic E-state index is 0.556. The van der Waals surface area contributed by atoms with Gasteiger partial charge in [-0.15, -0.1) is 0 Å². The first-order valence-corrected chi connectivity index (χ1v) is 7.56. The van der Waals surface area contributed by atoms with Gasteiger partial charge in [0.25, 0.3) is 0 Å². The van der Waals surface area contributed by atoms with E-state index >= 15 is 0 Å². The van der Waals surface area contributed by atoms with Crippen LogP contribution >= 0.6 is 0 Å². The average Bonchev–Trinajstić information content (AvgIpc) is 2.55. The first-order valence-electron chi connectivity index (χ1n) is 7.56. The normalized spacial score (nSPS) is 14.7. The minimum atomic E-state index is 0.556. The van der Waals surface area contributed by atoms with Crippen LogP contribution in [0, 0.1) is 0 Å². The molecule has 0 unspecified atom stereocenters. The molecule has 3 rings (SSSR count). The Balaban J connectivity index is 1.50. The van der Waals surface area contributed by atoms with E-state index in [-0.39, 0.29) is 0 Å². The first kappa shape index (κ1) is 14.1. The van der Waals surface area contributed by atoms with Crippen LogP contribution in [0.3, 0.4) is 0 Å². The molecule has 0 amide bonds. The molecule has 21 heavy (non-hydrogen) atoms. The number of ether oxygens (including phenoxy) is 1. The lowest BCUT2D eigenvalue weighted by molar-refractivity contribution is 0.196. The SMILES string of the molecule is NCc1cccc(OCCN2CCc3ccccc3C2)c1. The summed E-state index contributed by atoms with van der Waals surface area (Å²) in [5, 5.41) is 0. The smallest absolute Gasteiger partial charge is 0.119 e. The van der Waals surface area contributed by atoms with Gasteiger partial charge in [0.1, 0.15) is 12.4 Å². The average molecular weight is 282 g/mol. The lowest BCUT2D eigenvalue weighted by atomic mass is 10.0. The summed E-state index contributed by atoms with van der Waals surface area (Å²) in [4.78, 5) is 2.45. The summed E-state index contributed by atoms with van der Waals surface area (Å²) >= 11 is 0. The Labute approximate surface area is 126 Å². The quantitative estimate of drug-likeness (QED) is 0.916. The van der Waals surface area contributed by atoms with Gasteiger partial charge in [-0.05, 0) is 35.2 Å². The summed E-state index contributed by atoms with van der Waals surface area (Å²) in [7, 11) is 0. The summed E-state index contributed by atoms with van der Waals surface area (Å²) in [5.41, 5.74) is 9.70. The predicted octanol–water partition coefficient (Wildman–Crippen LogP) is 2.58. The maximum Gasteiger partial charge on any atom is 0.119 e. The predicted molar refractivity (Wildman–Crippen MR) is 85.3 cm³/mol. The number of nitrogens with zero attached hydrogens (tertiary/aromatic N) is 1. The molecule has 3 heteroatoms. The van der Waals surface area contributed by atoms with Gasteiger partial charge in [0, 0.05) is 26.2 Å². The number of hydrogen-bond donors (Lipinski definition) is 1. The summed E-state index contributed by atoms with van der Waals surface area (Å²) < 4.78 is 5.84. The van der Waals surface area contributed by atoms with Crippen molar-refractivity contribution >= 4 is 0 Å². The van der Waals surface area contributed by atoms with Crippen molar-refractivity contribution in [3.05, 3.63) is 65.2 Å². The summed E-state index contributed by atoms with van der Waals surface area (Å²) in [6.45, 7) is 4.38. The number of benzene rings is 2. The zero-order chi connectivity index (χ0) is 14.5. The molecule has 1 aliphatic rings. The van der Waals surface area contributed by atoms with Crippen molar-refractivity contribution in [2.45, 2.75) is 19.5 Å². The Kier molecular flexibility index (Phi) is 4.53. The van der Waals surface area contributed by atoms with E-state index in [4.69, 9.17) is 10.5 Å². The molecule has 0 radical (unpaired) electrons. The van der Waals surface area contributed by atoms with Crippen molar-refractivity contribution in [1.29, 1.82) is 0 Å². The van der Waals surface area contributed by atoms with E-state index in [0.29, 0.717) is 6.54 Å². The Morgan fingerprint density at radius 3 is 2.76 bits per heavy atom. The monoisotopic (exact) mass is 282 g/mol. The molecule has 0 aliphatic carbocycles. The number of nitrogens with two attached hydrogens (primary N) is 1. The lowest BCUT2D eigenvalue weighted by Gasteiger charge is -2.28. The van der Waals surface area contributed by atoms with Gasteiger partial charge in [-0.2, -0.15) is 0 Å². The van der Waals surface area contributed by atoms with Gasteiger partial charge < -0.3 is 10.5 Å². The number of hydrogen-bond acceptors (Lipinski definition) is 3. The lowest BCUT2D eigenvalue weighted by Crippen LogP contribution is -2.33. The molecule has 0 saturated carbocycles. The molecular formula is C18H22N2O. The molecular weight excluding hydrogens is 260 g/mol. The minimum Gasteiger partial charge on any atom is -0.492 e. The van der Waals surface area contributed by atoms with Gasteiger partial charge in [0.05, 0.1) is 0 Å². The van der Waals surface area contributed by atoms with Crippen LogP contribution in [0.25, 0.3) is 0 Å². The van der Waals surface area contributed by atoms with Crippen molar-refractivity contribution in [3.63, 3.8) is 0 Å². The van der Waals surface area contributed by atoms with Crippen LogP contribution in [0.2, 0.25) is 0 Å². The van der Waals surface area contributed by atoms with Gasteiger partial charge in [0.15, 0.2) is 0 Å². The molecule has 0 fully saturated rings. The van der Waals surface area contributed by atoms with Crippen LogP contribution in [0.1, 0.15) is 16.7 Å². The highest BCUT2D eigenvalue weighted by atomic mass is 16.5. The van der Waals surface area contributed by atoms with E-state index in [1.54, 1.807) is 0 Å². The van der Waals surface area contributed by atoms with Crippen LogP contribution in [-0.2, 0) is 19.5 Å². The second kappa shape index (κ2) is 6.74. The van der Waals surface area contributed by atoms with Crippen LogP contribution in [0.15, 0.2) is 48.5 Å². The molecule has 110 valence electrons. The third-order valence-electron chi connectivity index (χ3n) is 4.02. The van der Waals surface area contributed by atoms with Gasteiger partial charge in [0.2, 0.25) is 0 Å². The number of rotatable bonds is 5. The molecule has 2 aromatic carbocycles. The fourth-order valence-corrected chi connectivity index (χ4v) is 2.80. The molecule has 1 aliphatic heterocycles. The van der Waals surface area contributed by atoms with E-state index in [0.717, 1.165) is 44.0 Å². The van der Waals surface area contributed by atoms with Gasteiger partial charge in [-0.3, -0.25) is 4.90 Å². The van der Waals surface area contributed by atoms with Crippen LogP contribution in [0.5, 0.6) is 5.75 Å². The van der Waals surface area contributed by atoms with E-state index in [1.165, 1.54) is 11.1 Å². The van der Waals surface area contributed by atoms with Gasteiger partial charge >= 0.3 is 0 Å². The van der Waals surface area contributed by atoms with Gasteiger partial charge in [-0.25, -0.2) is 0 Å². The van der Waals surface area contributed by atoms with Crippen molar-refractivity contribution < 1.29 is 4.74 Å². The molecule has 0 aromatic heterocycles. The summed E-state index contributed by atoms with van der Waals surface area (Å²) in [5.74, 6) is 0.912. The third-order valence-corrected chi connectivity index (χ3v) is 4.02. The zero-order valence-corrected chi connectivity index (χ0v) is 12.3. The Bertz CT molecular complexity index is 597. The molecule has 0 atom stereocenters. The van der Waals surface area contributed by atoms with Crippen LogP contribution in [-0.4, -0.2) is 24.6 Å². The third kappa shape index (κ3) is 3.63. The second-order valence-corrected chi connectivity index (χ2v) is 5.49. The molecule has 2 N–H and O–H groups in total. The van der Waals surface area contributed by atoms with Crippen LogP contribution < -0.4 is 10.5 Å². The van der Waals surface area contributed by atoms with Crippen molar-refractivity contribution in [1.82, 2.24) is 4.90 Å². The Morgan fingerprint density at radius 1 is 1.05 bits per heavy atom. The molecule has 1 heterocycles. The second-order valence-electron chi connectivity index (χ2n) is 5.49. The molecule has 0 spiro atoms. The molecule has 3 nitrogen and oxygen atoms in total. The van der Waals surface area contributed by atoms with Crippen molar-refractivity contribution in [3.8, 4) is 5.75 Å². The number of fused-ring (bicyclic) bond motifs is 1. The first-order chi connectivity index (χ1) is 10.3. The van der Waals surface area contributed by atoms with Crippen molar-refractivity contribution in [2.75, 3.05) is 19.7 Å². The topological polar surface area (TPSA) is 38.5 Å². The fraction of sp³-hybridized carbons (Fsp3) is 0.333. The van der Waals surface area contributed by atoms with Crippen LogP contribution in [0.4, 0.5) is 0 Å².